The van der Waals surface area contributed by atoms with Gasteiger partial charge in [-0.05, 0) is 61.1 Å². The standard InChI is InChI=1S/C20H15ClN2O4S/c1-11-4-2-3-5-13(11)18(24)23-20(28)22-15-10-12(21)6-7-14(15)16-8-9-17(27-16)19(25)26/h2-10H,1H3,(H,25,26)(H2,22,23,24,28). The largest absolute Gasteiger partial charge is 0.475 e. The molecule has 142 valence electrons. The number of furan rings is 1. The summed E-state index contributed by atoms with van der Waals surface area (Å²) in [5.74, 6) is -1.38. The minimum absolute atomic E-state index is 0.0711. The Balaban J connectivity index is 1.82. The number of thiocarbonyl (C=S) groups is 1. The second-order valence-corrected chi connectivity index (χ2v) is 6.73. The highest BCUT2D eigenvalue weighted by Crippen LogP contribution is 2.32. The predicted molar refractivity (Wildman–Crippen MR) is 111 cm³/mol. The van der Waals surface area contributed by atoms with Gasteiger partial charge in [0.05, 0.1) is 5.69 Å². The van der Waals surface area contributed by atoms with Gasteiger partial charge in [-0.15, -0.1) is 0 Å². The highest BCUT2D eigenvalue weighted by atomic mass is 35.5. The summed E-state index contributed by atoms with van der Waals surface area (Å²) in [6.07, 6.45) is 0. The average molecular weight is 415 g/mol. The molecule has 2 aromatic carbocycles. The minimum atomic E-state index is -1.17. The Morgan fingerprint density at radius 2 is 1.86 bits per heavy atom. The van der Waals surface area contributed by atoms with Crippen LogP contribution in [0.2, 0.25) is 5.02 Å². The maximum Gasteiger partial charge on any atom is 0.371 e. The van der Waals surface area contributed by atoms with E-state index in [0.29, 0.717) is 27.6 Å². The van der Waals surface area contributed by atoms with E-state index in [4.69, 9.17) is 33.3 Å². The van der Waals surface area contributed by atoms with Crippen molar-refractivity contribution in [2.45, 2.75) is 6.92 Å². The van der Waals surface area contributed by atoms with Crippen LogP contribution in [-0.4, -0.2) is 22.1 Å². The number of benzene rings is 2. The molecule has 1 aromatic heterocycles. The first-order valence-electron chi connectivity index (χ1n) is 8.16. The van der Waals surface area contributed by atoms with Gasteiger partial charge in [0, 0.05) is 16.1 Å². The number of hydrogen-bond donors (Lipinski definition) is 3. The highest BCUT2D eigenvalue weighted by Gasteiger charge is 2.16. The molecule has 3 rings (SSSR count). The van der Waals surface area contributed by atoms with Crippen LogP contribution in [0.3, 0.4) is 0 Å². The monoisotopic (exact) mass is 414 g/mol. The third-order valence-corrected chi connectivity index (χ3v) is 4.37. The molecule has 0 saturated heterocycles. The number of carbonyl (C=O) groups is 2. The zero-order chi connectivity index (χ0) is 20.3. The lowest BCUT2D eigenvalue weighted by atomic mass is 10.1. The maximum absolute atomic E-state index is 12.4. The molecule has 3 aromatic rings. The number of aryl methyl sites for hydroxylation is 1. The topological polar surface area (TPSA) is 91.6 Å². The van der Waals surface area contributed by atoms with E-state index in [2.05, 4.69) is 10.6 Å². The van der Waals surface area contributed by atoms with Crippen molar-refractivity contribution in [1.82, 2.24) is 5.32 Å². The van der Waals surface area contributed by atoms with Crippen molar-refractivity contribution in [3.05, 3.63) is 76.5 Å². The van der Waals surface area contributed by atoms with Gasteiger partial charge in [-0.1, -0.05) is 29.8 Å². The Morgan fingerprint density at radius 1 is 1.11 bits per heavy atom. The van der Waals surface area contributed by atoms with Crippen molar-refractivity contribution in [3.8, 4) is 11.3 Å². The van der Waals surface area contributed by atoms with E-state index >= 15 is 0 Å². The fourth-order valence-electron chi connectivity index (χ4n) is 2.58. The van der Waals surface area contributed by atoms with Gasteiger partial charge in [-0.3, -0.25) is 10.1 Å². The molecule has 0 atom stereocenters. The van der Waals surface area contributed by atoms with Crippen molar-refractivity contribution in [3.63, 3.8) is 0 Å². The molecule has 0 saturated carbocycles. The van der Waals surface area contributed by atoms with Crippen LogP contribution in [-0.2, 0) is 0 Å². The summed E-state index contributed by atoms with van der Waals surface area (Å²) in [7, 11) is 0. The van der Waals surface area contributed by atoms with Crippen LogP contribution >= 0.6 is 23.8 Å². The van der Waals surface area contributed by atoms with Crippen LogP contribution in [0.5, 0.6) is 0 Å². The van der Waals surface area contributed by atoms with Crippen LogP contribution in [0.1, 0.15) is 26.5 Å². The Bertz CT molecular complexity index is 1080. The van der Waals surface area contributed by atoms with Crippen molar-refractivity contribution >= 4 is 46.5 Å². The van der Waals surface area contributed by atoms with Gasteiger partial charge in [0.15, 0.2) is 5.11 Å². The number of rotatable bonds is 4. The number of carbonyl (C=O) groups excluding carboxylic acids is 1. The van der Waals surface area contributed by atoms with E-state index in [1.807, 2.05) is 19.1 Å². The van der Waals surface area contributed by atoms with Gasteiger partial charge in [0.2, 0.25) is 5.76 Å². The fraction of sp³-hybridized carbons (Fsp3) is 0.0500. The predicted octanol–water partition coefficient (Wildman–Crippen LogP) is 4.73. The molecular formula is C20H15ClN2O4S. The van der Waals surface area contributed by atoms with E-state index < -0.39 is 5.97 Å². The lowest BCUT2D eigenvalue weighted by Crippen LogP contribution is -2.34. The van der Waals surface area contributed by atoms with Gasteiger partial charge in [-0.25, -0.2) is 4.79 Å². The molecule has 8 heteroatoms. The van der Waals surface area contributed by atoms with Gasteiger partial charge >= 0.3 is 5.97 Å². The molecule has 0 radical (unpaired) electrons. The number of aromatic carboxylic acids is 1. The van der Waals surface area contributed by atoms with Crippen LogP contribution in [0.4, 0.5) is 5.69 Å². The van der Waals surface area contributed by atoms with Crippen molar-refractivity contribution in [2.24, 2.45) is 0 Å². The fourth-order valence-corrected chi connectivity index (χ4v) is 2.96. The number of carboxylic acid groups (broad SMARTS) is 1. The number of amides is 1. The lowest BCUT2D eigenvalue weighted by Gasteiger charge is -2.13. The SMILES string of the molecule is Cc1ccccc1C(=O)NC(=S)Nc1cc(Cl)ccc1-c1ccc(C(=O)O)o1. The summed E-state index contributed by atoms with van der Waals surface area (Å²) in [6.45, 7) is 1.83. The Labute approximate surface area is 171 Å². The average Bonchev–Trinajstić information content (AvgIpc) is 3.12. The normalized spacial score (nSPS) is 10.4. The summed E-state index contributed by atoms with van der Waals surface area (Å²) in [4.78, 5) is 23.5. The number of nitrogens with one attached hydrogen (secondary N) is 2. The molecule has 0 aliphatic rings. The molecule has 6 nitrogen and oxygen atoms in total. The molecule has 1 heterocycles. The first-order chi connectivity index (χ1) is 13.3. The molecule has 28 heavy (non-hydrogen) atoms. The molecule has 0 spiro atoms. The second-order valence-electron chi connectivity index (χ2n) is 5.88. The molecule has 0 aliphatic carbocycles. The van der Waals surface area contributed by atoms with Crippen LogP contribution in [0, 0.1) is 6.92 Å². The van der Waals surface area contributed by atoms with Gasteiger partial charge in [-0.2, -0.15) is 0 Å². The Hall–Kier alpha value is -3.16. The minimum Gasteiger partial charge on any atom is -0.475 e. The number of halogens is 1. The van der Waals surface area contributed by atoms with Crippen LogP contribution in [0.15, 0.2) is 59.0 Å². The summed E-state index contributed by atoms with van der Waals surface area (Å²) in [5, 5.41) is 15.1. The van der Waals surface area contributed by atoms with E-state index in [9.17, 15) is 9.59 Å². The van der Waals surface area contributed by atoms with E-state index in [1.54, 1.807) is 30.3 Å². The summed E-state index contributed by atoms with van der Waals surface area (Å²) < 4.78 is 5.35. The zero-order valence-electron chi connectivity index (χ0n) is 14.7. The molecule has 0 fully saturated rings. The summed E-state index contributed by atoms with van der Waals surface area (Å²) in [6, 6.07) is 14.9. The van der Waals surface area contributed by atoms with E-state index in [0.717, 1.165) is 5.56 Å². The van der Waals surface area contributed by atoms with Crippen molar-refractivity contribution in [2.75, 3.05) is 5.32 Å². The van der Waals surface area contributed by atoms with Gasteiger partial charge < -0.3 is 14.8 Å². The van der Waals surface area contributed by atoms with Crippen molar-refractivity contribution in [1.29, 1.82) is 0 Å². The summed E-state index contributed by atoms with van der Waals surface area (Å²) >= 11 is 11.3. The molecule has 0 aliphatic heterocycles. The maximum atomic E-state index is 12.4. The quantitative estimate of drug-likeness (QED) is 0.534. The Morgan fingerprint density at radius 3 is 2.54 bits per heavy atom. The van der Waals surface area contributed by atoms with Crippen LogP contribution in [0.25, 0.3) is 11.3 Å². The van der Waals surface area contributed by atoms with E-state index in [-0.39, 0.29) is 16.8 Å². The summed E-state index contributed by atoms with van der Waals surface area (Å²) in [5.41, 5.74) is 2.34. The highest BCUT2D eigenvalue weighted by molar-refractivity contribution is 7.80. The number of carboxylic acids is 1. The van der Waals surface area contributed by atoms with Crippen LogP contribution < -0.4 is 10.6 Å². The second kappa shape index (κ2) is 8.24. The third kappa shape index (κ3) is 4.39. The third-order valence-electron chi connectivity index (χ3n) is 3.93. The molecule has 0 unspecified atom stereocenters. The van der Waals surface area contributed by atoms with E-state index in [1.165, 1.54) is 12.1 Å². The number of anilines is 1. The van der Waals surface area contributed by atoms with Crippen molar-refractivity contribution < 1.29 is 19.1 Å². The first-order valence-corrected chi connectivity index (χ1v) is 8.95. The molecule has 1 amide bonds. The van der Waals surface area contributed by atoms with Gasteiger partial charge in [0.1, 0.15) is 5.76 Å². The first kappa shape index (κ1) is 19.6. The van der Waals surface area contributed by atoms with Gasteiger partial charge in [0.25, 0.3) is 5.91 Å². The zero-order valence-corrected chi connectivity index (χ0v) is 16.2. The smallest absolute Gasteiger partial charge is 0.371 e. The number of hydrogen-bond acceptors (Lipinski definition) is 4. The molecule has 3 N–H and O–H groups in total. The molecular weight excluding hydrogens is 400 g/mol. The lowest BCUT2D eigenvalue weighted by molar-refractivity contribution is 0.0663. The molecule has 0 bridgehead atoms. The Kier molecular flexibility index (Phi) is 5.77.